The number of carbonyl (C=O) groups excluding carboxylic acids is 1. The van der Waals surface area contributed by atoms with Gasteiger partial charge in [-0.1, -0.05) is 25.1 Å². The minimum Gasteiger partial charge on any atom is -0.377 e. The molecule has 2 rings (SSSR count). The van der Waals surface area contributed by atoms with Crippen LogP contribution in [0.15, 0.2) is 18.2 Å². The Morgan fingerprint density at radius 1 is 1.41 bits per heavy atom. The highest BCUT2D eigenvalue weighted by molar-refractivity contribution is 5.99. The standard InChI is InChI=1S/C15H20O2/c1-4-14-13(8-9-17-14)15(16)12-7-5-6-10(2)11(12)3/h5-7,13-14H,4,8-9H2,1-3H3. The van der Waals surface area contributed by atoms with Crippen LogP contribution in [0.4, 0.5) is 0 Å². The molecular weight excluding hydrogens is 212 g/mol. The number of rotatable bonds is 3. The largest absolute Gasteiger partial charge is 0.377 e. The second-order valence-electron chi connectivity index (χ2n) is 4.82. The summed E-state index contributed by atoms with van der Waals surface area (Å²) in [5.74, 6) is 0.316. The summed E-state index contributed by atoms with van der Waals surface area (Å²) in [5, 5.41) is 0. The lowest BCUT2D eigenvalue weighted by atomic mass is 9.88. The van der Waals surface area contributed by atoms with Crippen molar-refractivity contribution in [2.45, 2.75) is 39.7 Å². The Morgan fingerprint density at radius 2 is 2.18 bits per heavy atom. The molecule has 0 aromatic heterocycles. The number of ether oxygens (including phenoxy) is 1. The zero-order valence-corrected chi connectivity index (χ0v) is 10.8. The van der Waals surface area contributed by atoms with Crippen molar-refractivity contribution in [1.82, 2.24) is 0 Å². The van der Waals surface area contributed by atoms with Crippen molar-refractivity contribution in [1.29, 1.82) is 0 Å². The smallest absolute Gasteiger partial charge is 0.168 e. The predicted octanol–water partition coefficient (Wildman–Crippen LogP) is 3.30. The minimum atomic E-state index is 0.0560. The summed E-state index contributed by atoms with van der Waals surface area (Å²) in [6, 6.07) is 5.95. The molecule has 0 radical (unpaired) electrons. The normalized spacial score (nSPS) is 23.9. The number of hydrogen-bond acceptors (Lipinski definition) is 2. The molecule has 1 aliphatic heterocycles. The molecule has 1 saturated heterocycles. The first-order chi connectivity index (χ1) is 8.15. The Labute approximate surface area is 103 Å². The lowest BCUT2D eigenvalue weighted by Crippen LogP contribution is -2.24. The van der Waals surface area contributed by atoms with Gasteiger partial charge in [0.1, 0.15) is 0 Å². The van der Waals surface area contributed by atoms with Gasteiger partial charge >= 0.3 is 0 Å². The van der Waals surface area contributed by atoms with Gasteiger partial charge in [0.15, 0.2) is 5.78 Å². The van der Waals surface area contributed by atoms with Gasteiger partial charge in [0, 0.05) is 12.2 Å². The molecule has 1 fully saturated rings. The van der Waals surface area contributed by atoms with Crippen LogP contribution in [-0.4, -0.2) is 18.5 Å². The van der Waals surface area contributed by atoms with E-state index in [-0.39, 0.29) is 17.8 Å². The van der Waals surface area contributed by atoms with Crippen LogP contribution in [0.1, 0.15) is 41.3 Å². The van der Waals surface area contributed by atoms with E-state index in [1.165, 1.54) is 5.56 Å². The molecule has 0 N–H and O–H groups in total. The molecule has 0 bridgehead atoms. The van der Waals surface area contributed by atoms with Gasteiger partial charge in [-0.05, 0) is 37.8 Å². The van der Waals surface area contributed by atoms with Gasteiger partial charge < -0.3 is 4.74 Å². The average Bonchev–Trinajstić information content (AvgIpc) is 2.80. The monoisotopic (exact) mass is 232 g/mol. The maximum atomic E-state index is 12.5. The van der Waals surface area contributed by atoms with Crippen LogP contribution < -0.4 is 0 Å². The van der Waals surface area contributed by atoms with Crippen molar-refractivity contribution in [3.8, 4) is 0 Å². The highest BCUT2D eigenvalue weighted by Crippen LogP contribution is 2.28. The molecule has 0 spiro atoms. The lowest BCUT2D eigenvalue weighted by molar-refractivity contribution is 0.0688. The van der Waals surface area contributed by atoms with Crippen molar-refractivity contribution < 1.29 is 9.53 Å². The molecule has 2 nitrogen and oxygen atoms in total. The van der Waals surface area contributed by atoms with E-state index in [1.54, 1.807) is 0 Å². The maximum Gasteiger partial charge on any atom is 0.168 e. The fourth-order valence-electron chi connectivity index (χ4n) is 2.57. The first-order valence-corrected chi connectivity index (χ1v) is 6.37. The van der Waals surface area contributed by atoms with Crippen LogP contribution in [0.5, 0.6) is 0 Å². The third-order valence-corrected chi connectivity index (χ3v) is 3.82. The molecule has 17 heavy (non-hydrogen) atoms. The number of carbonyl (C=O) groups is 1. The predicted molar refractivity (Wildman–Crippen MR) is 68.4 cm³/mol. The van der Waals surface area contributed by atoms with E-state index in [0.717, 1.165) is 30.6 Å². The second-order valence-corrected chi connectivity index (χ2v) is 4.82. The van der Waals surface area contributed by atoms with E-state index in [9.17, 15) is 4.79 Å². The molecule has 2 atom stereocenters. The second kappa shape index (κ2) is 5.01. The molecule has 92 valence electrons. The highest BCUT2D eigenvalue weighted by atomic mass is 16.5. The van der Waals surface area contributed by atoms with Crippen molar-refractivity contribution in [2.24, 2.45) is 5.92 Å². The molecule has 1 heterocycles. The Morgan fingerprint density at radius 3 is 2.88 bits per heavy atom. The number of Topliss-reactive ketones (excluding diaryl/α,β-unsaturated/α-hetero) is 1. The summed E-state index contributed by atoms with van der Waals surface area (Å²) in [6.45, 7) is 6.88. The van der Waals surface area contributed by atoms with Crippen molar-refractivity contribution in [3.63, 3.8) is 0 Å². The summed E-state index contributed by atoms with van der Waals surface area (Å²) in [7, 11) is 0. The molecule has 0 saturated carbocycles. The van der Waals surface area contributed by atoms with Crippen LogP contribution in [-0.2, 0) is 4.74 Å². The van der Waals surface area contributed by atoms with Gasteiger partial charge in [-0.15, -0.1) is 0 Å². The molecular formula is C15H20O2. The van der Waals surface area contributed by atoms with Crippen LogP contribution in [0.2, 0.25) is 0 Å². The van der Waals surface area contributed by atoms with Crippen LogP contribution in [0, 0.1) is 19.8 Å². The number of hydrogen-bond donors (Lipinski definition) is 0. The maximum absolute atomic E-state index is 12.5. The van der Waals surface area contributed by atoms with Crippen molar-refractivity contribution in [3.05, 3.63) is 34.9 Å². The molecule has 0 amide bonds. The Bertz CT molecular complexity index is 423. The van der Waals surface area contributed by atoms with Crippen LogP contribution >= 0.6 is 0 Å². The Hall–Kier alpha value is -1.15. The quantitative estimate of drug-likeness (QED) is 0.747. The van der Waals surface area contributed by atoms with Crippen molar-refractivity contribution in [2.75, 3.05) is 6.61 Å². The van der Waals surface area contributed by atoms with E-state index in [4.69, 9.17) is 4.74 Å². The van der Waals surface area contributed by atoms with E-state index in [0.29, 0.717) is 0 Å². The summed E-state index contributed by atoms with van der Waals surface area (Å²) >= 11 is 0. The van der Waals surface area contributed by atoms with Crippen molar-refractivity contribution >= 4 is 5.78 Å². The third-order valence-electron chi connectivity index (χ3n) is 3.82. The number of ketones is 1. The fraction of sp³-hybridized carbons (Fsp3) is 0.533. The van der Waals surface area contributed by atoms with E-state index < -0.39 is 0 Å². The zero-order chi connectivity index (χ0) is 12.4. The first kappa shape index (κ1) is 12.3. The van der Waals surface area contributed by atoms with Gasteiger partial charge in [-0.2, -0.15) is 0 Å². The Kier molecular flexibility index (Phi) is 3.63. The van der Waals surface area contributed by atoms with E-state index in [2.05, 4.69) is 19.9 Å². The fourth-order valence-corrected chi connectivity index (χ4v) is 2.57. The van der Waals surface area contributed by atoms with Gasteiger partial charge in [0.25, 0.3) is 0 Å². The third kappa shape index (κ3) is 2.27. The topological polar surface area (TPSA) is 26.3 Å². The first-order valence-electron chi connectivity index (χ1n) is 6.37. The van der Waals surface area contributed by atoms with Crippen LogP contribution in [0.25, 0.3) is 0 Å². The summed E-state index contributed by atoms with van der Waals surface area (Å²) in [6.07, 6.45) is 1.90. The Balaban J connectivity index is 2.28. The molecule has 2 unspecified atom stereocenters. The molecule has 1 aromatic rings. The van der Waals surface area contributed by atoms with Gasteiger partial charge in [-0.25, -0.2) is 0 Å². The lowest BCUT2D eigenvalue weighted by Gasteiger charge is -2.17. The molecule has 2 heteroatoms. The average molecular weight is 232 g/mol. The summed E-state index contributed by atoms with van der Waals surface area (Å²) < 4.78 is 5.61. The van der Waals surface area contributed by atoms with Crippen LogP contribution in [0.3, 0.4) is 0 Å². The zero-order valence-electron chi connectivity index (χ0n) is 10.8. The summed E-state index contributed by atoms with van der Waals surface area (Å²) in [5.41, 5.74) is 3.17. The molecule has 1 aromatic carbocycles. The number of aryl methyl sites for hydroxylation is 1. The number of benzene rings is 1. The van der Waals surface area contributed by atoms with Gasteiger partial charge in [-0.3, -0.25) is 4.79 Å². The van der Waals surface area contributed by atoms with E-state index in [1.807, 2.05) is 19.1 Å². The van der Waals surface area contributed by atoms with E-state index >= 15 is 0 Å². The molecule has 1 aliphatic rings. The highest BCUT2D eigenvalue weighted by Gasteiger charge is 2.33. The minimum absolute atomic E-state index is 0.0560. The van der Waals surface area contributed by atoms with Gasteiger partial charge in [0.2, 0.25) is 0 Å². The summed E-state index contributed by atoms with van der Waals surface area (Å²) in [4.78, 5) is 12.5. The SMILES string of the molecule is CCC1OCCC1C(=O)c1cccc(C)c1C. The molecule has 0 aliphatic carbocycles. The van der Waals surface area contributed by atoms with Gasteiger partial charge in [0.05, 0.1) is 12.0 Å².